The molecule has 15 heavy (non-hydrogen) atoms. The number of halogens is 1. The maximum Gasteiger partial charge on any atom is 0.0587 e. The van der Waals surface area contributed by atoms with Crippen LogP contribution in [0.4, 0.5) is 0 Å². The van der Waals surface area contributed by atoms with Gasteiger partial charge < -0.3 is 10.1 Å². The molecule has 84 valence electrons. The third-order valence-corrected chi connectivity index (χ3v) is 3.09. The topological polar surface area (TPSA) is 21.3 Å². The average molecular weight is 246 g/mol. The molecule has 0 saturated heterocycles. The minimum absolute atomic E-state index is 0.748. The van der Waals surface area contributed by atoms with Crippen molar-refractivity contribution in [1.82, 2.24) is 5.32 Å². The van der Waals surface area contributed by atoms with E-state index in [1.807, 2.05) is 11.4 Å². The highest BCUT2D eigenvalue weighted by Gasteiger charge is 1.95. The zero-order valence-electron chi connectivity index (χ0n) is 9.05. The highest BCUT2D eigenvalue weighted by atomic mass is 35.5. The average Bonchev–Trinajstić information content (AvgIpc) is 2.59. The summed E-state index contributed by atoms with van der Waals surface area (Å²) < 4.78 is 4.95. The number of methoxy groups -OCH3 is 1. The molecular weight excluding hydrogens is 230 g/mol. The molecule has 0 amide bonds. The van der Waals surface area contributed by atoms with Gasteiger partial charge in [-0.25, -0.2) is 0 Å². The van der Waals surface area contributed by atoms with Gasteiger partial charge in [-0.3, -0.25) is 0 Å². The van der Waals surface area contributed by atoms with Gasteiger partial charge in [-0.2, -0.15) is 0 Å². The fraction of sp³-hybridized carbons (Fsp3) is 0.455. The van der Waals surface area contributed by atoms with Gasteiger partial charge in [-0.1, -0.05) is 17.2 Å². The van der Waals surface area contributed by atoms with Crippen molar-refractivity contribution in [3.05, 3.63) is 26.9 Å². The van der Waals surface area contributed by atoms with Crippen LogP contribution in [0.1, 0.15) is 11.8 Å². The molecule has 1 N–H and O–H groups in total. The predicted octanol–water partition coefficient (Wildman–Crippen LogP) is 3.04. The summed E-state index contributed by atoms with van der Waals surface area (Å²) in [5.74, 6) is 0. The molecule has 0 radical (unpaired) electrons. The van der Waals surface area contributed by atoms with E-state index in [9.17, 15) is 0 Å². The van der Waals surface area contributed by atoms with Crippen molar-refractivity contribution in [2.75, 3.05) is 26.8 Å². The second-order valence-electron chi connectivity index (χ2n) is 3.33. The van der Waals surface area contributed by atoms with Crippen molar-refractivity contribution in [2.45, 2.75) is 6.92 Å². The molecule has 0 unspecified atom stereocenters. The molecule has 2 nitrogen and oxygen atoms in total. The molecule has 0 aromatic carbocycles. The summed E-state index contributed by atoms with van der Waals surface area (Å²) >= 11 is 7.50. The van der Waals surface area contributed by atoms with Crippen molar-refractivity contribution in [2.24, 2.45) is 0 Å². The summed E-state index contributed by atoms with van der Waals surface area (Å²) in [4.78, 5) is 1.20. The predicted molar refractivity (Wildman–Crippen MR) is 67.7 cm³/mol. The highest BCUT2D eigenvalue weighted by molar-refractivity contribution is 7.11. The van der Waals surface area contributed by atoms with Crippen LogP contribution >= 0.6 is 22.9 Å². The van der Waals surface area contributed by atoms with Crippen LogP contribution in [-0.4, -0.2) is 26.8 Å². The van der Waals surface area contributed by atoms with Crippen LogP contribution in [0.3, 0.4) is 0 Å². The minimum Gasteiger partial charge on any atom is -0.383 e. The van der Waals surface area contributed by atoms with E-state index in [0.29, 0.717) is 0 Å². The molecule has 4 heteroatoms. The normalized spacial score (nSPS) is 12.1. The lowest BCUT2D eigenvalue weighted by Gasteiger charge is -2.03. The molecule has 0 aliphatic rings. The summed E-state index contributed by atoms with van der Waals surface area (Å²) in [7, 11) is 1.71. The lowest BCUT2D eigenvalue weighted by Crippen LogP contribution is -2.20. The highest BCUT2D eigenvalue weighted by Crippen LogP contribution is 2.21. The van der Waals surface area contributed by atoms with Gasteiger partial charge >= 0.3 is 0 Å². The molecule has 1 rings (SSSR count). The maximum absolute atomic E-state index is 5.84. The summed E-state index contributed by atoms with van der Waals surface area (Å²) in [5, 5.41) is 6.05. The first-order valence-corrected chi connectivity index (χ1v) is 6.09. The standard InChI is InChI=1S/C11H16ClNOS/c1-9(7-13-3-4-14-2)5-11-6-10(12)8-15-11/h5-6,8,13H,3-4,7H2,1-2H3. The second-order valence-corrected chi connectivity index (χ2v) is 4.71. The van der Waals surface area contributed by atoms with E-state index >= 15 is 0 Å². The number of nitrogens with one attached hydrogen (secondary N) is 1. The van der Waals surface area contributed by atoms with Crippen molar-refractivity contribution in [1.29, 1.82) is 0 Å². The van der Waals surface area contributed by atoms with Gasteiger partial charge in [-0.15, -0.1) is 11.3 Å². The quantitative estimate of drug-likeness (QED) is 0.778. The second kappa shape index (κ2) is 7.01. The molecule has 1 aromatic heterocycles. The molecule has 0 spiro atoms. The Bertz CT molecular complexity index is 322. The van der Waals surface area contributed by atoms with E-state index in [2.05, 4.69) is 18.3 Å². The first kappa shape index (κ1) is 12.7. The van der Waals surface area contributed by atoms with Crippen molar-refractivity contribution >= 4 is 29.0 Å². The monoisotopic (exact) mass is 245 g/mol. The Balaban J connectivity index is 2.33. The number of ether oxygens (including phenoxy) is 1. The fourth-order valence-electron chi connectivity index (χ4n) is 1.16. The first-order valence-electron chi connectivity index (χ1n) is 4.83. The Labute approximate surface area is 99.9 Å². The number of thiophene rings is 1. The van der Waals surface area contributed by atoms with Crippen LogP contribution in [0.15, 0.2) is 17.0 Å². The van der Waals surface area contributed by atoms with E-state index < -0.39 is 0 Å². The third kappa shape index (κ3) is 5.33. The van der Waals surface area contributed by atoms with Gasteiger partial charge in [0, 0.05) is 30.5 Å². The zero-order valence-corrected chi connectivity index (χ0v) is 10.6. The largest absolute Gasteiger partial charge is 0.383 e. The zero-order chi connectivity index (χ0) is 11.1. The van der Waals surface area contributed by atoms with E-state index in [4.69, 9.17) is 16.3 Å². The molecular formula is C11H16ClNOS. The van der Waals surface area contributed by atoms with Gasteiger partial charge in [0.15, 0.2) is 0 Å². The van der Waals surface area contributed by atoms with Crippen LogP contribution in [0.2, 0.25) is 5.02 Å². The Kier molecular flexibility index (Phi) is 5.95. The number of hydrogen-bond donors (Lipinski definition) is 1. The van der Waals surface area contributed by atoms with E-state index in [1.54, 1.807) is 18.4 Å². The molecule has 1 heterocycles. The minimum atomic E-state index is 0.748. The number of hydrogen-bond acceptors (Lipinski definition) is 3. The molecule has 0 aliphatic carbocycles. The van der Waals surface area contributed by atoms with Gasteiger partial charge in [0.2, 0.25) is 0 Å². The van der Waals surface area contributed by atoms with E-state index in [-0.39, 0.29) is 0 Å². The summed E-state index contributed by atoms with van der Waals surface area (Å²) in [6.45, 7) is 4.62. The summed E-state index contributed by atoms with van der Waals surface area (Å²) in [5.41, 5.74) is 1.30. The molecule has 0 fully saturated rings. The molecule has 0 aliphatic heterocycles. The molecule has 0 atom stereocenters. The third-order valence-electron chi connectivity index (χ3n) is 1.86. The van der Waals surface area contributed by atoms with Crippen molar-refractivity contribution in [3.8, 4) is 0 Å². The fourth-order valence-corrected chi connectivity index (χ4v) is 2.25. The Morgan fingerprint density at radius 3 is 3.07 bits per heavy atom. The van der Waals surface area contributed by atoms with Crippen LogP contribution in [0, 0.1) is 0 Å². The van der Waals surface area contributed by atoms with Gasteiger partial charge in [0.1, 0.15) is 0 Å². The van der Waals surface area contributed by atoms with E-state index in [1.165, 1.54) is 10.5 Å². The Morgan fingerprint density at radius 2 is 2.47 bits per heavy atom. The van der Waals surface area contributed by atoms with Crippen molar-refractivity contribution in [3.63, 3.8) is 0 Å². The first-order chi connectivity index (χ1) is 7.22. The smallest absolute Gasteiger partial charge is 0.0587 e. The van der Waals surface area contributed by atoms with Gasteiger partial charge in [-0.05, 0) is 19.1 Å². The van der Waals surface area contributed by atoms with Gasteiger partial charge in [0.25, 0.3) is 0 Å². The van der Waals surface area contributed by atoms with Crippen LogP contribution < -0.4 is 5.32 Å². The van der Waals surface area contributed by atoms with Crippen molar-refractivity contribution < 1.29 is 4.74 Å². The molecule has 0 saturated carbocycles. The van der Waals surface area contributed by atoms with Gasteiger partial charge in [0.05, 0.1) is 11.6 Å². The van der Waals surface area contributed by atoms with Crippen LogP contribution in [0.25, 0.3) is 6.08 Å². The maximum atomic E-state index is 5.84. The Hall–Kier alpha value is -0.350. The Morgan fingerprint density at radius 1 is 1.67 bits per heavy atom. The summed E-state index contributed by atoms with van der Waals surface area (Å²) in [6, 6.07) is 1.98. The van der Waals surface area contributed by atoms with Crippen LogP contribution in [0.5, 0.6) is 0 Å². The van der Waals surface area contributed by atoms with Crippen LogP contribution in [-0.2, 0) is 4.74 Å². The number of rotatable bonds is 6. The molecule has 0 bridgehead atoms. The van der Waals surface area contributed by atoms with E-state index in [0.717, 1.165) is 24.7 Å². The SMILES string of the molecule is COCCNCC(C)=Cc1cc(Cl)cs1. The molecule has 1 aromatic rings. The lowest BCUT2D eigenvalue weighted by molar-refractivity contribution is 0.200. The summed E-state index contributed by atoms with van der Waals surface area (Å²) in [6.07, 6.45) is 2.15. The lowest BCUT2D eigenvalue weighted by atomic mass is 10.2.